The number of aliphatic hydroxyl groups excluding tert-OH is 1. The molecule has 1 saturated carbocycles. The third kappa shape index (κ3) is 2.27. The van der Waals surface area contributed by atoms with Gasteiger partial charge in [0.15, 0.2) is 0 Å². The SMILES string of the molecule is CCC1(CC)C(O)CC1Oc1cc(C)cc(C)c1C. The minimum atomic E-state index is -0.210. The highest BCUT2D eigenvalue weighted by atomic mass is 16.5. The second-order valence-electron chi connectivity index (χ2n) is 6.00. The molecule has 1 aliphatic rings. The van der Waals surface area contributed by atoms with E-state index in [1.165, 1.54) is 16.7 Å². The van der Waals surface area contributed by atoms with E-state index in [2.05, 4.69) is 46.8 Å². The van der Waals surface area contributed by atoms with E-state index >= 15 is 0 Å². The fourth-order valence-corrected chi connectivity index (χ4v) is 3.34. The van der Waals surface area contributed by atoms with Gasteiger partial charge in [-0.1, -0.05) is 19.9 Å². The van der Waals surface area contributed by atoms with Gasteiger partial charge in [-0.3, -0.25) is 0 Å². The molecule has 1 aromatic carbocycles. The molecule has 1 aliphatic carbocycles. The van der Waals surface area contributed by atoms with Crippen LogP contribution in [-0.2, 0) is 0 Å². The molecule has 1 fully saturated rings. The van der Waals surface area contributed by atoms with Crippen LogP contribution >= 0.6 is 0 Å². The Balaban J connectivity index is 2.23. The van der Waals surface area contributed by atoms with Crippen molar-refractivity contribution >= 4 is 0 Å². The first-order valence-electron chi connectivity index (χ1n) is 7.37. The summed E-state index contributed by atoms with van der Waals surface area (Å²) < 4.78 is 6.25. The first-order chi connectivity index (χ1) is 8.94. The van der Waals surface area contributed by atoms with Gasteiger partial charge in [0.2, 0.25) is 0 Å². The van der Waals surface area contributed by atoms with Crippen molar-refractivity contribution in [3.63, 3.8) is 0 Å². The van der Waals surface area contributed by atoms with Crippen LogP contribution in [0.4, 0.5) is 0 Å². The van der Waals surface area contributed by atoms with Gasteiger partial charge in [-0.25, -0.2) is 0 Å². The summed E-state index contributed by atoms with van der Waals surface area (Å²) in [6, 6.07) is 4.30. The summed E-state index contributed by atoms with van der Waals surface area (Å²) in [6.07, 6.45) is 2.64. The lowest BCUT2D eigenvalue weighted by Crippen LogP contribution is -2.59. The van der Waals surface area contributed by atoms with Crippen molar-refractivity contribution in [3.8, 4) is 5.75 Å². The van der Waals surface area contributed by atoms with Crippen molar-refractivity contribution in [2.24, 2.45) is 5.41 Å². The summed E-state index contributed by atoms with van der Waals surface area (Å²) in [4.78, 5) is 0. The van der Waals surface area contributed by atoms with Crippen molar-refractivity contribution < 1.29 is 9.84 Å². The minimum Gasteiger partial charge on any atom is -0.489 e. The summed E-state index contributed by atoms with van der Waals surface area (Å²) in [7, 11) is 0. The fourth-order valence-electron chi connectivity index (χ4n) is 3.34. The summed E-state index contributed by atoms with van der Waals surface area (Å²) in [5.41, 5.74) is 3.67. The van der Waals surface area contributed by atoms with E-state index in [4.69, 9.17) is 4.74 Å². The summed E-state index contributed by atoms with van der Waals surface area (Å²) >= 11 is 0. The molecule has 19 heavy (non-hydrogen) atoms. The Labute approximate surface area is 116 Å². The van der Waals surface area contributed by atoms with Crippen molar-refractivity contribution in [1.29, 1.82) is 0 Å². The Hall–Kier alpha value is -1.02. The Morgan fingerprint density at radius 2 is 1.84 bits per heavy atom. The number of ether oxygens (including phenoxy) is 1. The zero-order chi connectivity index (χ0) is 14.2. The van der Waals surface area contributed by atoms with E-state index in [9.17, 15) is 5.11 Å². The Kier molecular flexibility index (Phi) is 3.91. The van der Waals surface area contributed by atoms with Gasteiger partial charge in [0, 0.05) is 11.8 Å². The van der Waals surface area contributed by atoms with E-state index in [1.807, 2.05) is 0 Å². The maximum atomic E-state index is 10.1. The Morgan fingerprint density at radius 1 is 1.21 bits per heavy atom. The van der Waals surface area contributed by atoms with Gasteiger partial charge in [0.25, 0.3) is 0 Å². The summed E-state index contributed by atoms with van der Waals surface area (Å²) in [5.74, 6) is 0.987. The molecule has 0 amide bonds. The van der Waals surface area contributed by atoms with Crippen LogP contribution in [0.25, 0.3) is 0 Å². The zero-order valence-electron chi connectivity index (χ0n) is 12.8. The molecule has 0 aromatic heterocycles. The van der Waals surface area contributed by atoms with E-state index in [1.54, 1.807) is 0 Å². The van der Waals surface area contributed by atoms with Gasteiger partial charge < -0.3 is 9.84 Å². The Bertz CT molecular complexity index is 461. The van der Waals surface area contributed by atoms with E-state index < -0.39 is 0 Å². The first kappa shape index (κ1) is 14.4. The monoisotopic (exact) mass is 262 g/mol. The molecular weight excluding hydrogens is 236 g/mol. The summed E-state index contributed by atoms with van der Waals surface area (Å²) in [5, 5.41) is 10.1. The van der Waals surface area contributed by atoms with Crippen LogP contribution in [0.1, 0.15) is 49.8 Å². The number of aryl methyl sites for hydroxylation is 2. The lowest BCUT2D eigenvalue weighted by molar-refractivity contribution is -0.159. The van der Waals surface area contributed by atoms with E-state index in [0.717, 1.165) is 25.0 Å². The molecule has 2 heteroatoms. The molecule has 2 nitrogen and oxygen atoms in total. The average Bonchev–Trinajstić information content (AvgIpc) is 2.36. The van der Waals surface area contributed by atoms with E-state index in [-0.39, 0.29) is 17.6 Å². The number of aliphatic hydroxyl groups is 1. The summed E-state index contributed by atoms with van der Waals surface area (Å²) in [6.45, 7) is 10.6. The van der Waals surface area contributed by atoms with Crippen LogP contribution in [0.5, 0.6) is 5.75 Å². The normalized spacial score (nSPS) is 24.9. The maximum Gasteiger partial charge on any atom is 0.123 e. The predicted molar refractivity (Wildman–Crippen MR) is 78.7 cm³/mol. The molecule has 2 rings (SSSR count). The van der Waals surface area contributed by atoms with Crippen LogP contribution in [0, 0.1) is 26.2 Å². The molecular formula is C17H26O2. The third-order valence-electron chi connectivity index (χ3n) is 5.09. The number of hydrogen-bond donors (Lipinski definition) is 1. The predicted octanol–water partition coefficient (Wildman–Crippen LogP) is 3.93. The van der Waals surface area contributed by atoms with Crippen molar-refractivity contribution in [2.75, 3.05) is 0 Å². The molecule has 0 saturated heterocycles. The number of benzene rings is 1. The molecule has 106 valence electrons. The second-order valence-corrected chi connectivity index (χ2v) is 6.00. The highest BCUT2D eigenvalue weighted by Crippen LogP contribution is 2.49. The molecule has 0 heterocycles. The molecule has 1 N–H and O–H groups in total. The topological polar surface area (TPSA) is 29.5 Å². The minimum absolute atomic E-state index is 0.0515. The highest BCUT2D eigenvalue weighted by molar-refractivity contribution is 5.42. The lowest BCUT2D eigenvalue weighted by Gasteiger charge is -2.52. The third-order valence-corrected chi connectivity index (χ3v) is 5.09. The smallest absolute Gasteiger partial charge is 0.123 e. The van der Waals surface area contributed by atoms with Gasteiger partial charge in [-0.05, 0) is 56.4 Å². The fraction of sp³-hybridized carbons (Fsp3) is 0.647. The van der Waals surface area contributed by atoms with Crippen LogP contribution in [0.3, 0.4) is 0 Å². The zero-order valence-corrected chi connectivity index (χ0v) is 12.8. The van der Waals surface area contributed by atoms with Crippen LogP contribution < -0.4 is 4.74 Å². The highest BCUT2D eigenvalue weighted by Gasteiger charge is 2.53. The average molecular weight is 262 g/mol. The first-order valence-corrected chi connectivity index (χ1v) is 7.37. The molecule has 0 spiro atoms. The van der Waals surface area contributed by atoms with Gasteiger partial charge in [-0.15, -0.1) is 0 Å². The number of hydrogen-bond acceptors (Lipinski definition) is 2. The van der Waals surface area contributed by atoms with Crippen LogP contribution in [-0.4, -0.2) is 17.3 Å². The van der Waals surface area contributed by atoms with Gasteiger partial charge >= 0.3 is 0 Å². The van der Waals surface area contributed by atoms with Gasteiger partial charge in [0.05, 0.1) is 6.10 Å². The van der Waals surface area contributed by atoms with Crippen molar-refractivity contribution in [3.05, 3.63) is 28.8 Å². The molecule has 0 aliphatic heterocycles. The molecule has 0 radical (unpaired) electrons. The lowest BCUT2D eigenvalue weighted by atomic mass is 9.60. The molecule has 1 aromatic rings. The molecule has 2 unspecified atom stereocenters. The van der Waals surface area contributed by atoms with E-state index in [0.29, 0.717) is 0 Å². The van der Waals surface area contributed by atoms with Crippen LogP contribution in [0.2, 0.25) is 0 Å². The van der Waals surface area contributed by atoms with Crippen molar-refractivity contribution in [1.82, 2.24) is 0 Å². The second kappa shape index (κ2) is 5.16. The number of rotatable bonds is 4. The Morgan fingerprint density at radius 3 is 2.37 bits per heavy atom. The van der Waals surface area contributed by atoms with Crippen LogP contribution in [0.15, 0.2) is 12.1 Å². The van der Waals surface area contributed by atoms with Gasteiger partial charge in [-0.2, -0.15) is 0 Å². The molecule has 2 atom stereocenters. The standard InChI is InChI=1S/C17H26O2/c1-6-17(7-2)15(18)10-16(17)19-14-9-11(3)8-12(4)13(14)5/h8-9,15-16,18H,6-7,10H2,1-5H3. The maximum absolute atomic E-state index is 10.1. The molecule has 0 bridgehead atoms. The van der Waals surface area contributed by atoms with Crippen molar-refractivity contribution in [2.45, 2.75) is 66.1 Å². The largest absolute Gasteiger partial charge is 0.489 e. The van der Waals surface area contributed by atoms with Gasteiger partial charge in [0.1, 0.15) is 11.9 Å². The quantitative estimate of drug-likeness (QED) is 0.891.